The maximum Gasteiger partial charge on any atom is 0.119 e. The van der Waals surface area contributed by atoms with Crippen LogP contribution < -0.4 is 10.1 Å². The van der Waals surface area contributed by atoms with Crippen LogP contribution in [0.15, 0.2) is 18.2 Å². The van der Waals surface area contributed by atoms with Gasteiger partial charge in [-0.1, -0.05) is 12.5 Å². The van der Waals surface area contributed by atoms with Crippen LogP contribution in [0.2, 0.25) is 0 Å². The van der Waals surface area contributed by atoms with Gasteiger partial charge in [0, 0.05) is 12.1 Å². The summed E-state index contributed by atoms with van der Waals surface area (Å²) >= 11 is 0. The molecule has 1 saturated carbocycles. The summed E-state index contributed by atoms with van der Waals surface area (Å²) in [5.41, 5.74) is 2.81. The van der Waals surface area contributed by atoms with Gasteiger partial charge in [0.1, 0.15) is 5.75 Å². The Labute approximate surface area is 110 Å². The molecule has 1 aliphatic heterocycles. The van der Waals surface area contributed by atoms with Crippen LogP contribution in [-0.2, 0) is 0 Å². The van der Waals surface area contributed by atoms with Crippen molar-refractivity contribution in [2.75, 3.05) is 7.11 Å². The van der Waals surface area contributed by atoms with E-state index in [1.807, 2.05) is 0 Å². The number of rotatable bonds is 2. The molecule has 3 atom stereocenters. The zero-order chi connectivity index (χ0) is 12.5. The van der Waals surface area contributed by atoms with Crippen molar-refractivity contribution >= 4 is 0 Å². The number of fused-ring (bicyclic) bond motifs is 1. The molecule has 3 rings (SSSR count). The lowest BCUT2D eigenvalue weighted by Gasteiger charge is -2.34. The Bertz CT molecular complexity index is 429. The van der Waals surface area contributed by atoms with Crippen molar-refractivity contribution in [1.29, 1.82) is 0 Å². The lowest BCUT2D eigenvalue weighted by molar-refractivity contribution is 0.260. The Hall–Kier alpha value is -1.02. The average molecular weight is 245 g/mol. The molecule has 0 spiro atoms. The minimum Gasteiger partial charge on any atom is -0.497 e. The van der Waals surface area contributed by atoms with Crippen molar-refractivity contribution in [3.8, 4) is 5.75 Å². The van der Waals surface area contributed by atoms with Crippen LogP contribution in [0.3, 0.4) is 0 Å². The van der Waals surface area contributed by atoms with E-state index in [9.17, 15) is 0 Å². The van der Waals surface area contributed by atoms with E-state index in [4.69, 9.17) is 4.74 Å². The fourth-order valence-electron chi connectivity index (χ4n) is 3.74. The normalized spacial score (nSPS) is 31.1. The molecule has 18 heavy (non-hydrogen) atoms. The van der Waals surface area contributed by atoms with E-state index < -0.39 is 0 Å². The van der Waals surface area contributed by atoms with Crippen molar-refractivity contribution in [3.05, 3.63) is 29.3 Å². The number of piperidine rings is 1. The highest BCUT2D eigenvalue weighted by atomic mass is 16.5. The molecule has 2 heteroatoms. The third kappa shape index (κ3) is 2.14. The van der Waals surface area contributed by atoms with Crippen LogP contribution >= 0.6 is 0 Å². The van der Waals surface area contributed by atoms with Crippen molar-refractivity contribution in [2.24, 2.45) is 5.92 Å². The molecule has 3 unspecified atom stereocenters. The van der Waals surface area contributed by atoms with E-state index >= 15 is 0 Å². The smallest absolute Gasteiger partial charge is 0.119 e. The predicted octanol–water partition coefficient (Wildman–Crippen LogP) is 3.60. The predicted molar refractivity (Wildman–Crippen MR) is 74.0 cm³/mol. The highest BCUT2D eigenvalue weighted by Crippen LogP contribution is 2.38. The lowest BCUT2D eigenvalue weighted by Crippen LogP contribution is -2.40. The van der Waals surface area contributed by atoms with Gasteiger partial charge in [-0.15, -0.1) is 0 Å². The fraction of sp³-hybridized carbons (Fsp3) is 0.625. The quantitative estimate of drug-likeness (QED) is 0.859. The summed E-state index contributed by atoms with van der Waals surface area (Å²) in [5.74, 6) is 1.91. The van der Waals surface area contributed by atoms with Gasteiger partial charge < -0.3 is 10.1 Å². The van der Waals surface area contributed by atoms with Crippen molar-refractivity contribution in [1.82, 2.24) is 5.32 Å². The molecule has 0 bridgehead atoms. The Balaban J connectivity index is 1.78. The van der Waals surface area contributed by atoms with E-state index in [1.165, 1.54) is 43.2 Å². The van der Waals surface area contributed by atoms with Crippen molar-refractivity contribution < 1.29 is 4.74 Å². The van der Waals surface area contributed by atoms with Crippen LogP contribution in [-0.4, -0.2) is 13.2 Å². The van der Waals surface area contributed by atoms with Gasteiger partial charge in [-0.2, -0.15) is 0 Å². The van der Waals surface area contributed by atoms with Gasteiger partial charge in [0.15, 0.2) is 0 Å². The maximum absolute atomic E-state index is 5.29. The second-order valence-electron chi connectivity index (χ2n) is 5.82. The van der Waals surface area contributed by atoms with E-state index in [2.05, 4.69) is 30.4 Å². The summed E-state index contributed by atoms with van der Waals surface area (Å²) in [6.45, 7) is 2.19. The summed E-state index contributed by atoms with van der Waals surface area (Å²) in [6, 6.07) is 7.80. The number of nitrogens with one attached hydrogen (secondary N) is 1. The Morgan fingerprint density at radius 2 is 2.06 bits per heavy atom. The topological polar surface area (TPSA) is 21.3 Å². The third-order valence-electron chi connectivity index (χ3n) is 4.75. The Kier molecular flexibility index (Phi) is 3.29. The average Bonchev–Trinajstić information content (AvgIpc) is 2.85. The molecule has 1 aliphatic carbocycles. The zero-order valence-corrected chi connectivity index (χ0v) is 11.4. The first-order valence-electron chi connectivity index (χ1n) is 7.18. The summed E-state index contributed by atoms with van der Waals surface area (Å²) in [5, 5.41) is 3.87. The van der Waals surface area contributed by atoms with Crippen LogP contribution in [0.5, 0.6) is 5.75 Å². The van der Waals surface area contributed by atoms with Crippen molar-refractivity contribution in [3.63, 3.8) is 0 Å². The number of aryl methyl sites for hydroxylation is 1. The number of methoxy groups -OCH3 is 1. The number of hydrogen-bond donors (Lipinski definition) is 1. The maximum atomic E-state index is 5.29. The van der Waals surface area contributed by atoms with Crippen LogP contribution in [0.1, 0.15) is 49.3 Å². The molecule has 2 aliphatic rings. The molecule has 0 amide bonds. The van der Waals surface area contributed by atoms with Gasteiger partial charge in [-0.05, 0) is 61.8 Å². The molecule has 2 fully saturated rings. The van der Waals surface area contributed by atoms with E-state index in [-0.39, 0.29) is 0 Å². The van der Waals surface area contributed by atoms with Gasteiger partial charge in [-0.3, -0.25) is 0 Å². The van der Waals surface area contributed by atoms with Gasteiger partial charge in [0.25, 0.3) is 0 Å². The largest absolute Gasteiger partial charge is 0.497 e. The first-order valence-corrected chi connectivity index (χ1v) is 7.18. The van der Waals surface area contributed by atoms with E-state index in [0.29, 0.717) is 6.04 Å². The molecule has 1 heterocycles. The summed E-state index contributed by atoms with van der Waals surface area (Å²) in [6.07, 6.45) is 6.90. The van der Waals surface area contributed by atoms with E-state index in [1.54, 1.807) is 7.11 Å². The second-order valence-corrected chi connectivity index (χ2v) is 5.82. The second kappa shape index (κ2) is 4.93. The minimum absolute atomic E-state index is 0.551. The van der Waals surface area contributed by atoms with Gasteiger partial charge in [-0.25, -0.2) is 0 Å². The SMILES string of the molecule is COc1ccc(C2CCC3CCCC3N2)c(C)c1. The summed E-state index contributed by atoms with van der Waals surface area (Å²) < 4.78 is 5.29. The van der Waals surface area contributed by atoms with Crippen LogP contribution in [0.25, 0.3) is 0 Å². The molecule has 98 valence electrons. The highest BCUT2D eigenvalue weighted by Gasteiger charge is 2.33. The van der Waals surface area contributed by atoms with Crippen molar-refractivity contribution in [2.45, 2.75) is 51.1 Å². The zero-order valence-electron chi connectivity index (χ0n) is 11.4. The first kappa shape index (κ1) is 12.0. The molecular weight excluding hydrogens is 222 g/mol. The molecule has 0 aromatic heterocycles. The summed E-state index contributed by atoms with van der Waals surface area (Å²) in [4.78, 5) is 0. The number of benzene rings is 1. The standard InChI is InChI=1S/C16H23NO/c1-11-10-13(18-2)7-8-14(11)16-9-6-12-4-3-5-15(12)17-16/h7-8,10,12,15-17H,3-6,9H2,1-2H3. The Morgan fingerprint density at radius 3 is 2.83 bits per heavy atom. The highest BCUT2D eigenvalue weighted by molar-refractivity contribution is 5.37. The van der Waals surface area contributed by atoms with Gasteiger partial charge in [0.05, 0.1) is 7.11 Å². The first-order chi connectivity index (χ1) is 8.78. The molecule has 1 aromatic carbocycles. The number of ether oxygens (including phenoxy) is 1. The summed E-state index contributed by atoms with van der Waals surface area (Å²) in [7, 11) is 1.73. The number of hydrogen-bond acceptors (Lipinski definition) is 2. The molecule has 1 N–H and O–H groups in total. The third-order valence-corrected chi connectivity index (χ3v) is 4.75. The fourth-order valence-corrected chi connectivity index (χ4v) is 3.74. The lowest BCUT2D eigenvalue weighted by atomic mass is 9.86. The van der Waals surface area contributed by atoms with Gasteiger partial charge in [0.2, 0.25) is 0 Å². The van der Waals surface area contributed by atoms with Gasteiger partial charge >= 0.3 is 0 Å². The molecule has 2 nitrogen and oxygen atoms in total. The molecule has 0 radical (unpaired) electrons. The molecule has 1 aromatic rings. The molecule has 1 saturated heterocycles. The van der Waals surface area contributed by atoms with E-state index in [0.717, 1.165) is 17.7 Å². The van der Waals surface area contributed by atoms with Crippen LogP contribution in [0.4, 0.5) is 0 Å². The minimum atomic E-state index is 0.551. The molecular formula is C16H23NO. The Morgan fingerprint density at radius 1 is 1.17 bits per heavy atom. The van der Waals surface area contributed by atoms with Crippen LogP contribution in [0, 0.1) is 12.8 Å². The monoisotopic (exact) mass is 245 g/mol.